The van der Waals surface area contributed by atoms with Gasteiger partial charge < -0.3 is 14.8 Å². The number of anilines is 1. The van der Waals surface area contributed by atoms with Gasteiger partial charge in [0.05, 0.1) is 18.7 Å². The zero-order valence-electron chi connectivity index (χ0n) is 18.4. The van der Waals surface area contributed by atoms with Crippen molar-refractivity contribution < 1.29 is 36.2 Å². The van der Waals surface area contributed by atoms with E-state index in [9.17, 15) is 27.2 Å². The van der Waals surface area contributed by atoms with Crippen LogP contribution in [0.15, 0.2) is 35.1 Å². The molecule has 2 aromatic carbocycles. The third-order valence-electron chi connectivity index (χ3n) is 5.35. The molecule has 2 heterocycles. The molecule has 0 saturated carbocycles. The summed E-state index contributed by atoms with van der Waals surface area (Å²) in [5, 5.41) is 6.41. The van der Waals surface area contributed by atoms with Gasteiger partial charge in [0.15, 0.2) is 11.9 Å². The van der Waals surface area contributed by atoms with Gasteiger partial charge in [-0.25, -0.2) is 13.6 Å². The molecule has 1 atom stereocenters. The zero-order valence-corrected chi connectivity index (χ0v) is 18.4. The number of benzene rings is 2. The Hall–Kier alpha value is -3.74. The zero-order chi connectivity index (χ0) is 25.5. The first kappa shape index (κ1) is 24.4. The normalized spacial score (nSPS) is 14.4. The van der Waals surface area contributed by atoms with Crippen molar-refractivity contribution >= 4 is 11.6 Å². The third-order valence-corrected chi connectivity index (χ3v) is 5.35. The van der Waals surface area contributed by atoms with Crippen molar-refractivity contribution in [3.63, 3.8) is 0 Å². The number of carbonyl (C=O) groups excluding carboxylic acids is 1. The van der Waals surface area contributed by atoms with E-state index in [1.807, 2.05) is 0 Å². The highest BCUT2D eigenvalue weighted by Gasteiger charge is 2.39. The van der Waals surface area contributed by atoms with Gasteiger partial charge in [-0.15, -0.1) is 5.10 Å². The summed E-state index contributed by atoms with van der Waals surface area (Å²) in [7, 11) is 0. The average Bonchev–Trinajstić information content (AvgIpc) is 3.12. The number of fused-ring (bicyclic) bond motifs is 1. The van der Waals surface area contributed by atoms with Crippen LogP contribution in [0.1, 0.15) is 28.7 Å². The fourth-order valence-electron chi connectivity index (χ4n) is 3.44. The van der Waals surface area contributed by atoms with E-state index in [4.69, 9.17) is 9.47 Å². The predicted molar refractivity (Wildman–Crippen MR) is 113 cm³/mol. The number of alkyl halides is 3. The number of ether oxygens (including phenoxy) is 2. The van der Waals surface area contributed by atoms with Gasteiger partial charge >= 0.3 is 11.9 Å². The number of nitrogens with zero attached hydrogens (tertiary/aromatic N) is 3. The van der Waals surface area contributed by atoms with E-state index >= 15 is 4.39 Å². The smallest absolute Gasteiger partial charge is 0.425 e. The molecule has 4 rings (SSSR count). The summed E-state index contributed by atoms with van der Waals surface area (Å²) in [6.45, 7) is 2.62. The molecule has 1 amide bonds. The van der Waals surface area contributed by atoms with Crippen LogP contribution in [-0.4, -0.2) is 39.1 Å². The van der Waals surface area contributed by atoms with Crippen molar-refractivity contribution in [1.29, 1.82) is 0 Å². The number of rotatable bonds is 5. The van der Waals surface area contributed by atoms with Gasteiger partial charge in [-0.1, -0.05) is 0 Å². The molecular formula is C22H19F5N4O4. The minimum atomic E-state index is -4.79. The second-order valence-electron chi connectivity index (χ2n) is 7.83. The Kier molecular flexibility index (Phi) is 6.36. The highest BCUT2D eigenvalue weighted by molar-refractivity contribution is 6.06. The maximum absolute atomic E-state index is 15.1. The number of hydrogen-bond donors (Lipinski definition) is 1. The molecule has 0 saturated heterocycles. The second kappa shape index (κ2) is 9.13. The van der Waals surface area contributed by atoms with Crippen LogP contribution in [0.2, 0.25) is 0 Å². The van der Waals surface area contributed by atoms with Crippen LogP contribution < -0.4 is 15.7 Å². The number of halogens is 5. The molecule has 186 valence electrons. The lowest BCUT2D eigenvalue weighted by molar-refractivity contribution is -0.189. The molecule has 3 aromatic rings. The molecule has 8 nitrogen and oxygen atoms in total. The van der Waals surface area contributed by atoms with Crippen LogP contribution in [-0.2, 0) is 17.9 Å². The van der Waals surface area contributed by atoms with Crippen molar-refractivity contribution in [2.75, 3.05) is 11.9 Å². The average molecular weight is 498 g/mol. The van der Waals surface area contributed by atoms with Crippen molar-refractivity contribution in [3.05, 3.63) is 69.4 Å². The van der Waals surface area contributed by atoms with Crippen molar-refractivity contribution in [2.45, 2.75) is 39.3 Å². The minimum Gasteiger partial charge on any atom is -0.480 e. The monoisotopic (exact) mass is 498 g/mol. The number of aryl methyl sites for hydroxylation is 1. The number of amides is 1. The van der Waals surface area contributed by atoms with Crippen molar-refractivity contribution in [2.24, 2.45) is 0 Å². The van der Waals surface area contributed by atoms with E-state index in [2.05, 4.69) is 10.4 Å². The van der Waals surface area contributed by atoms with Gasteiger partial charge in [-0.2, -0.15) is 17.9 Å². The van der Waals surface area contributed by atoms with Crippen LogP contribution in [0.5, 0.6) is 5.75 Å². The third kappa shape index (κ3) is 4.90. The lowest BCUT2D eigenvalue weighted by Crippen LogP contribution is -2.32. The predicted octanol–water partition coefficient (Wildman–Crippen LogP) is 3.73. The molecular weight excluding hydrogens is 479 g/mol. The van der Waals surface area contributed by atoms with Gasteiger partial charge in [-0.3, -0.25) is 9.36 Å². The molecule has 0 bridgehead atoms. The topological polar surface area (TPSA) is 87.4 Å². The second-order valence-corrected chi connectivity index (χ2v) is 7.83. The molecule has 1 unspecified atom stereocenters. The van der Waals surface area contributed by atoms with Gasteiger partial charge in [0, 0.05) is 11.8 Å². The fourth-order valence-corrected chi connectivity index (χ4v) is 3.44. The molecule has 0 aliphatic carbocycles. The Bertz CT molecular complexity index is 1350. The van der Waals surface area contributed by atoms with Gasteiger partial charge in [0.25, 0.3) is 5.91 Å². The van der Waals surface area contributed by atoms with E-state index in [1.165, 1.54) is 17.6 Å². The maximum Gasteiger partial charge on any atom is 0.425 e. The first-order valence-corrected chi connectivity index (χ1v) is 10.4. The van der Waals surface area contributed by atoms with E-state index in [-0.39, 0.29) is 31.3 Å². The van der Waals surface area contributed by atoms with Gasteiger partial charge in [0.2, 0.25) is 0 Å². The van der Waals surface area contributed by atoms with E-state index in [0.29, 0.717) is 23.2 Å². The summed E-state index contributed by atoms with van der Waals surface area (Å²) in [5.41, 5.74) is -1.30. The largest absolute Gasteiger partial charge is 0.480 e. The van der Waals surface area contributed by atoms with Gasteiger partial charge in [0.1, 0.15) is 29.7 Å². The summed E-state index contributed by atoms with van der Waals surface area (Å²) in [6.07, 6.45) is -7.16. The number of hydrogen-bond acceptors (Lipinski definition) is 5. The SMILES string of the molecule is Cc1cc(F)ccc1NC(=O)c1cc(F)c(-n2nc3n(c2=O)CCOC3)cc1OC(C)C(F)(F)F. The Morgan fingerprint density at radius 3 is 2.63 bits per heavy atom. The molecule has 35 heavy (non-hydrogen) atoms. The first-order chi connectivity index (χ1) is 16.5. The summed E-state index contributed by atoms with van der Waals surface area (Å²) in [5.74, 6) is -3.08. The Morgan fingerprint density at radius 1 is 1.23 bits per heavy atom. The van der Waals surface area contributed by atoms with Crippen LogP contribution in [0.25, 0.3) is 5.69 Å². The lowest BCUT2D eigenvalue weighted by Gasteiger charge is -2.20. The van der Waals surface area contributed by atoms with Crippen molar-refractivity contribution in [1.82, 2.24) is 14.3 Å². The van der Waals surface area contributed by atoms with Gasteiger partial charge in [-0.05, 0) is 43.7 Å². The Morgan fingerprint density at radius 2 is 1.97 bits per heavy atom. The molecule has 0 fully saturated rings. The fraction of sp³-hybridized carbons (Fsp3) is 0.318. The number of aromatic nitrogens is 3. The molecule has 1 aromatic heterocycles. The molecule has 1 aliphatic rings. The standard InChI is InChI=1S/C22H19F5N4O4/c1-11-7-13(23)3-4-16(11)28-20(32)14-8-15(24)17(9-18(14)35-12(2)22(25,26)27)31-21(33)30-5-6-34-10-19(30)29-31/h3-4,7-9,12H,5-6,10H2,1-2H3,(H,28,32). The summed E-state index contributed by atoms with van der Waals surface area (Å²) >= 11 is 0. The Labute approximate surface area is 194 Å². The summed E-state index contributed by atoms with van der Waals surface area (Å²) < 4.78 is 80.2. The summed E-state index contributed by atoms with van der Waals surface area (Å²) in [4.78, 5) is 25.6. The van der Waals surface area contributed by atoms with E-state index in [0.717, 1.165) is 18.2 Å². The van der Waals surface area contributed by atoms with Crippen LogP contribution in [0.4, 0.5) is 27.6 Å². The molecule has 0 radical (unpaired) electrons. The Balaban J connectivity index is 1.79. The minimum absolute atomic E-state index is 0.00413. The molecule has 1 aliphatic heterocycles. The van der Waals surface area contributed by atoms with E-state index < -0.39 is 52.5 Å². The lowest BCUT2D eigenvalue weighted by atomic mass is 10.1. The highest BCUT2D eigenvalue weighted by Crippen LogP contribution is 2.31. The summed E-state index contributed by atoms with van der Waals surface area (Å²) in [6, 6.07) is 4.93. The van der Waals surface area contributed by atoms with Crippen LogP contribution in [0, 0.1) is 18.6 Å². The number of nitrogens with one attached hydrogen (secondary N) is 1. The molecule has 0 spiro atoms. The molecule has 1 N–H and O–H groups in total. The van der Waals surface area contributed by atoms with E-state index in [1.54, 1.807) is 0 Å². The quantitative estimate of drug-likeness (QED) is 0.542. The van der Waals surface area contributed by atoms with Crippen LogP contribution in [0.3, 0.4) is 0 Å². The highest BCUT2D eigenvalue weighted by atomic mass is 19.4. The maximum atomic E-state index is 15.1. The van der Waals surface area contributed by atoms with Crippen molar-refractivity contribution in [3.8, 4) is 11.4 Å². The first-order valence-electron chi connectivity index (χ1n) is 10.4. The van der Waals surface area contributed by atoms with Crippen LogP contribution >= 0.6 is 0 Å². The number of carbonyl (C=O) groups is 1. The molecule has 13 heteroatoms.